The summed E-state index contributed by atoms with van der Waals surface area (Å²) in [5.74, 6) is 0. The second-order valence-electron chi connectivity index (χ2n) is 4.60. The van der Waals surface area contributed by atoms with Gasteiger partial charge in [0.05, 0.1) is 0 Å². The van der Waals surface area contributed by atoms with Gasteiger partial charge in [-0.25, -0.2) is 4.79 Å². The maximum atomic E-state index is 11.5. The van der Waals surface area contributed by atoms with Gasteiger partial charge in [-0.3, -0.25) is 0 Å². The van der Waals surface area contributed by atoms with E-state index in [2.05, 4.69) is 17.4 Å². The van der Waals surface area contributed by atoms with E-state index in [-0.39, 0.29) is 17.7 Å². The standard InChI is InChI=1S/C13H15NO2/c15-12-14-13(10-6-2-1-3-7-10)9-5-4-8-11(13)16-12/h1-3,6-7,11H,4-5,8-9H2,(H,14,15)/t11-,13+/m0/s1. The molecule has 84 valence electrons. The van der Waals surface area contributed by atoms with Gasteiger partial charge in [0.25, 0.3) is 0 Å². The number of fused-ring (bicyclic) bond motifs is 1. The summed E-state index contributed by atoms with van der Waals surface area (Å²) in [6.07, 6.45) is 3.98. The van der Waals surface area contributed by atoms with E-state index in [1.54, 1.807) is 0 Å². The molecule has 3 heteroatoms. The van der Waals surface area contributed by atoms with Crippen molar-refractivity contribution in [3.05, 3.63) is 35.9 Å². The molecule has 1 saturated carbocycles. The highest BCUT2D eigenvalue weighted by molar-refractivity contribution is 5.72. The zero-order valence-corrected chi connectivity index (χ0v) is 9.11. The monoisotopic (exact) mass is 217 g/mol. The number of hydrogen-bond acceptors (Lipinski definition) is 2. The van der Waals surface area contributed by atoms with Crippen LogP contribution in [0.5, 0.6) is 0 Å². The number of carbonyl (C=O) groups is 1. The van der Waals surface area contributed by atoms with Crippen molar-refractivity contribution in [3.8, 4) is 0 Å². The Hall–Kier alpha value is -1.51. The molecule has 1 aliphatic heterocycles. The summed E-state index contributed by atoms with van der Waals surface area (Å²) >= 11 is 0. The van der Waals surface area contributed by atoms with E-state index in [4.69, 9.17) is 4.74 Å². The van der Waals surface area contributed by atoms with E-state index in [1.165, 1.54) is 5.56 Å². The van der Waals surface area contributed by atoms with Crippen LogP contribution in [0.4, 0.5) is 4.79 Å². The Kier molecular flexibility index (Phi) is 2.13. The highest BCUT2D eigenvalue weighted by Gasteiger charge is 2.50. The van der Waals surface area contributed by atoms with Crippen LogP contribution in [-0.4, -0.2) is 12.2 Å². The van der Waals surface area contributed by atoms with Crippen LogP contribution in [0.1, 0.15) is 31.2 Å². The van der Waals surface area contributed by atoms with Gasteiger partial charge in [0.1, 0.15) is 11.6 Å². The Bertz CT molecular complexity index is 404. The topological polar surface area (TPSA) is 38.3 Å². The fraction of sp³-hybridized carbons (Fsp3) is 0.462. The molecule has 1 N–H and O–H groups in total. The summed E-state index contributed by atoms with van der Waals surface area (Å²) in [5, 5.41) is 3.02. The van der Waals surface area contributed by atoms with Crippen molar-refractivity contribution in [1.82, 2.24) is 5.32 Å². The average Bonchev–Trinajstić information content (AvgIpc) is 2.67. The first-order valence-corrected chi connectivity index (χ1v) is 5.86. The predicted octanol–water partition coefficient (Wildman–Crippen LogP) is 2.56. The number of rotatable bonds is 1. The Morgan fingerprint density at radius 2 is 2.06 bits per heavy atom. The average molecular weight is 217 g/mol. The molecule has 0 radical (unpaired) electrons. The van der Waals surface area contributed by atoms with E-state index in [0.717, 1.165) is 25.7 Å². The molecule has 3 rings (SSSR count). The van der Waals surface area contributed by atoms with Crippen molar-refractivity contribution in [3.63, 3.8) is 0 Å². The fourth-order valence-electron chi connectivity index (χ4n) is 2.92. The molecule has 2 atom stereocenters. The number of amides is 1. The Morgan fingerprint density at radius 3 is 2.88 bits per heavy atom. The van der Waals surface area contributed by atoms with Crippen LogP contribution in [0.2, 0.25) is 0 Å². The van der Waals surface area contributed by atoms with Crippen LogP contribution < -0.4 is 5.32 Å². The van der Waals surface area contributed by atoms with Crippen LogP contribution in [0, 0.1) is 0 Å². The minimum absolute atomic E-state index is 0.0103. The number of alkyl carbamates (subject to hydrolysis) is 1. The normalized spacial score (nSPS) is 32.8. The second kappa shape index (κ2) is 3.51. The van der Waals surface area contributed by atoms with Gasteiger partial charge in [0.2, 0.25) is 0 Å². The third kappa shape index (κ3) is 1.31. The first-order chi connectivity index (χ1) is 7.81. The number of carbonyl (C=O) groups excluding carboxylic acids is 1. The highest BCUT2D eigenvalue weighted by atomic mass is 16.6. The van der Waals surface area contributed by atoms with Crippen molar-refractivity contribution in [2.24, 2.45) is 0 Å². The first-order valence-electron chi connectivity index (χ1n) is 5.86. The SMILES string of the molecule is O=C1N[C@@]2(c3ccccc3)CCCC[C@@H]2O1. The van der Waals surface area contributed by atoms with Crippen molar-refractivity contribution in [2.75, 3.05) is 0 Å². The summed E-state index contributed by atoms with van der Waals surface area (Å²) in [4.78, 5) is 11.5. The van der Waals surface area contributed by atoms with Gasteiger partial charge >= 0.3 is 6.09 Å². The van der Waals surface area contributed by atoms with Gasteiger partial charge in [-0.2, -0.15) is 0 Å². The van der Waals surface area contributed by atoms with E-state index in [9.17, 15) is 4.79 Å². The second-order valence-corrected chi connectivity index (χ2v) is 4.60. The Balaban J connectivity index is 2.03. The molecule has 2 aliphatic rings. The number of benzene rings is 1. The van der Waals surface area contributed by atoms with Crippen molar-refractivity contribution < 1.29 is 9.53 Å². The highest BCUT2D eigenvalue weighted by Crippen LogP contribution is 2.42. The first kappa shape index (κ1) is 9.70. The summed E-state index contributed by atoms with van der Waals surface area (Å²) in [5.41, 5.74) is 0.905. The zero-order valence-electron chi connectivity index (χ0n) is 9.11. The van der Waals surface area contributed by atoms with Crippen molar-refractivity contribution in [1.29, 1.82) is 0 Å². The van der Waals surface area contributed by atoms with Gasteiger partial charge in [-0.15, -0.1) is 0 Å². The largest absolute Gasteiger partial charge is 0.443 e. The molecular weight excluding hydrogens is 202 g/mol. The van der Waals surface area contributed by atoms with Gasteiger partial charge in [0.15, 0.2) is 0 Å². The van der Waals surface area contributed by atoms with Gasteiger partial charge in [-0.1, -0.05) is 36.8 Å². The zero-order chi connectivity index (χ0) is 11.0. The lowest BCUT2D eigenvalue weighted by Crippen LogP contribution is -2.47. The van der Waals surface area contributed by atoms with E-state index >= 15 is 0 Å². The molecule has 0 bridgehead atoms. The van der Waals surface area contributed by atoms with Crippen molar-refractivity contribution >= 4 is 6.09 Å². The molecular formula is C13H15NO2. The summed E-state index contributed by atoms with van der Waals surface area (Å²) in [6.45, 7) is 0. The molecule has 16 heavy (non-hydrogen) atoms. The summed E-state index contributed by atoms with van der Waals surface area (Å²) < 4.78 is 5.37. The van der Waals surface area contributed by atoms with E-state index in [0.29, 0.717) is 0 Å². The number of nitrogens with one attached hydrogen (secondary N) is 1. The van der Waals surface area contributed by atoms with Gasteiger partial charge in [0, 0.05) is 0 Å². The molecule has 1 aromatic rings. The van der Waals surface area contributed by atoms with Crippen LogP contribution in [0.25, 0.3) is 0 Å². The van der Waals surface area contributed by atoms with E-state index < -0.39 is 0 Å². The van der Waals surface area contributed by atoms with Crippen LogP contribution >= 0.6 is 0 Å². The third-order valence-electron chi connectivity index (χ3n) is 3.70. The fourth-order valence-corrected chi connectivity index (χ4v) is 2.92. The third-order valence-corrected chi connectivity index (χ3v) is 3.70. The Morgan fingerprint density at radius 1 is 1.25 bits per heavy atom. The lowest BCUT2D eigenvalue weighted by Gasteiger charge is -2.36. The molecule has 0 unspecified atom stereocenters. The van der Waals surface area contributed by atoms with E-state index in [1.807, 2.05) is 18.2 Å². The molecule has 3 nitrogen and oxygen atoms in total. The number of hydrogen-bond donors (Lipinski definition) is 1. The predicted molar refractivity (Wildman–Crippen MR) is 60.0 cm³/mol. The molecule has 2 fully saturated rings. The smallest absolute Gasteiger partial charge is 0.408 e. The molecule has 0 aromatic heterocycles. The quantitative estimate of drug-likeness (QED) is 0.785. The summed E-state index contributed by atoms with van der Waals surface area (Å²) in [6, 6.07) is 10.2. The molecule has 1 heterocycles. The minimum Gasteiger partial charge on any atom is -0.443 e. The molecule has 0 spiro atoms. The maximum absolute atomic E-state index is 11.5. The minimum atomic E-state index is -0.268. The summed E-state index contributed by atoms with van der Waals surface area (Å²) in [7, 11) is 0. The molecule has 1 saturated heterocycles. The van der Waals surface area contributed by atoms with Crippen LogP contribution in [-0.2, 0) is 10.3 Å². The van der Waals surface area contributed by atoms with Crippen LogP contribution in [0.15, 0.2) is 30.3 Å². The Labute approximate surface area is 94.8 Å². The number of ether oxygens (including phenoxy) is 1. The lowest BCUT2D eigenvalue weighted by atomic mass is 9.75. The lowest BCUT2D eigenvalue weighted by molar-refractivity contribution is 0.0765. The molecule has 1 aromatic carbocycles. The van der Waals surface area contributed by atoms with Crippen molar-refractivity contribution in [2.45, 2.75) is 37.3 Å². The van der Waals surface area contributed by atoms with Gasteiger partial charge in [-0.05, 0) is 24.8 Å². The maximum Gasteiger partial charge on any atom is 0.408 e. The van der Waals surface area contributed by atoms with Crippen LogP contribution in [0.3, 0.4) is 0 Å². The molecule has 1 amide bonds. The molecule has 1 aliphatic carbocycles. The van der Waals surface area contributed by atoms with Gasteiger partial charge < -0.3 is 10.1 Å².